The molecule has 0 atom stereocenters. The number of nitrogens with zero attached hydrogens (tertiary/aromatic N) is 2. The average molecular weight is 769 g/mol. The number of rotatable bonds is 4. The van der Waals surface area contributed by atoms with Crippen LogP contribution in [0.3, 0.4) is 0 Å². The van der Waals surface area contributed by atoms with Gasteiger partial charge in [0.15, 0.2) is 0 Å². The van der Waals surface area contributed by atoms with E-state index < -0.39 is 0 Å². The molecule has 0 fully saturated rings. The molecule has 286 valence electrons. The highest BCUT2D eigenvalue weighted by Gasteiger charge is 2.40. The van der Waals surface area contributed by atoms with Crippen molar-refractivity contribution >= 4 is 77.2 Å². The Kier molecular flexibility index (Phi) is 7.36. The Bertz CT molecular complexity index is 3380. The molecule has 0 amide bonds. The van der Waals surface area contributed by atoms with E-state index in [4.69, 9.17) is 0 Å². The highest BCUT2D eigenvalue weighted by molar-refractivity contribution is 6.26. The summed E-state index contributed by atoms with van der Waals surface area (Å²) in [6, 6.07) is 72.3. The van der Waals surface area contributed by atoms with Crippen molar-refractivity contribution in [1.82, 2.24) is 0 Å². The summed E-state index contributed by atoms with van der Waals surface area (Å²) in [6.07, 6.45) is 0. The van der Waals surface area contributed by atoms with E-state index in [1.165, 1.54) is 87.8 Å². The Balaban J connectivity index is 1.08. The van der Waals surface area contributed by atoms with Crippen LogP contribution in [0, 0.1) is 0 Å². The molecule has 60 heavy (non-hydrogen) atoms. The maximum absolute atomic E-state index is 2.50. The predicted molar refractivity (Wildman–Crippen MR) is 256 cm³/mol. The lowest BCUT2D eigenvalue weighted by Gasteiger charge is -2.43. The molecule has 10 aromatic rings. The van der Waals surface area contributed by atoms with E-state index >= 15 is 0 Å². The minimum absolute atomic E-state index is 0.150. The van der Waals surface area contributed by atoms with Gasteiger partial charge in [-0.05, 0) is 143 Å². The summed E-state index contributed by atoms with van der Waals surface area (Å²) in [5.74, 6) is 0. The Labute approximate surface area is 351 Å². The van der Waals surface area contributed by atoms with E-state index in [1.54, 1.807) is 0 Å². The number of fused-ring (bicyclic) bond motifs is 13. The van der Waals surface area contributed by atoms with Crippen molar-refractivity contribution in [1.29, 1.82) is 0 Å². The molecule has 0 radical (unpaired) electrons. The third-order valence-electron chi connectivity index (χ3n) is 13.8. The average Bonchev–Trinajstić information content (AvgIpc) is 3.52. The zero-order valence-electron chi connectivity index (χ0n) is 34.4. The SMILES string of the molecule is CC1(C)c2cc(N(c3ccccc3)c3ccc4c(c3)C(C)(C)c3ccc5ccccc5c3-4)ccc2N(c2ccccc2)c2cc3c4ccccc4c4ccccc4c3cc21. The van der Waals surface area contributed by atoms with Gasteiger partial charge in [0.25, 0.3) is 0 Å². The number of hydrogen-bond acceptors (Lipinski definition) is 2. The van der Waals surface area contributed by atoms with Gasteiger partial charge in [0.1, 0.15) is 0 Å². The van der Waals surface area contributed by atoms with Crippen LogP contribution in [0.15, 0.2) is 194 Å². The maximum atomic E-state index is 2.50. The summed E-state index contributed by atoms with van der Waals surface area (Å²) in [5, 5.41) is 10.3. The van der Waals surface area contributed by atoms with E-state index in [0.717, 1.165) is 22.7 Å². The third-order valence-corrected chi connectivity index (χ3v) is 13.8. The van der Waals surface area contributed by atoms with Crippen LogP contribution in [0.2, 0.25) is 0 Å². The summed E-state index contributed by atoms with van der Waals surface area (Å²) < 4.78 is 0. The highest BCUT2D eigenvalue weighted by Crippen LogP contribution is 2.56. The van der Waals surface area contributed by atoms with E-state index in [-0.39, 0.29) is 10.8 Å². The van der Waals surface area contributed by atoms with Crippen molar-refractivity contribution in [2.75, 3.05) is 9.80 Å². The molecule has 2 heteroatoms. The standard InChI is InChI=1S/C58H44N2/c1-57(2)50-31-27-37-17-11-12-22-42(37)56(50)47-30-28-40(33-51(47)57)59(38-18-7-5-8-19-38)41-29-32-54-52(34-41)58(3,4)53-35-48-45-25-15-13-23-43(45)44-24-14-16-26-46(44)49(48)36-55(53)60(54)39-20-9-6-10-21-39/h5-36H,1-4H3. The van der Waals surface area contributed by atoms with Crippen molar-refractivity contribution < 1.29 is 0 Å². The molecule has 2 nitrogen and oxygen atoms in total. The van der Waals surface area contributed by atoms with Crippen LogP contribution in [0.5, 0.6) is 0 Å². The normalized spacial score (nSPS) is 14.6. The first-order valence-corrected chi connectivity index (χ1v) is 21.2. The molecular formula is C58H44N2. The molecule has 1 aliphatic heterocycles. The van der Waals surface area contributed by atoms with Gasteiger partial charge in [0, 0.05) is 33.6 Å². The largest absolute Gasteiger partial charge is 0.310 e. The van der Waals surface area contributed by atoms with Gasteiger partial charge >= 0.3 is 0 Å². The van der Waals surface area contributed by atoms with Crippen molar-refractivity contribution in [3.63, 3.8) is 0 Å². The molecule has 1 aliphatic carbocycles. The lowest BCUT2D eigenvalue weighted by Crippen LogP contribution is -2.31. The maximum Gasteiger partial charge on any atom is 0.0509 e. The molecule has 10 aromatic carbocycles. The van der Waals surface area contributed by atoms with Gasteiger partial charge < -0.3 is 9.80 Å². The van der Waals surface area contributed by atoms with Gasteiger partial charge in [-0.15, -0.1) is 0 Å². The van der Waals surface area contributed by atoms with Crippen LogP contribution in [0.4, 0.5) is 34.1 Å². The fraction of sp³-hybridized carbons (Fsp3) is 0.103. The first-order valence-electron chi connectivity index (χ1n) is 21.2. The molecule has 0 unspecified atom stereocenters. The first kappa shape index (κ1) is 34.8. The summed E-state index contributed by atoms with van der Waals surface area (Å²) in [5.41, 5.74) is 14.6. The van der Waals surface area contributed by atoms with Crippen LogP contribution in [-0.4, -0.2) is 0 Å². The minimum Gasteiger partial charge on any atom is -0.310 e. The number of para-hydroxylation sites is 2. The lowest BCUT2D eigenvalue weighted by molar-refractivity contribution is 0.633. The molecule has 0 aromatic heterocycles. The Hall–Kier alpha value is -7.16. The molecule has 0 spiro atoms. The highest BCUT2D eigenvalue weighted by atomic mass is 15.2. The number of hydrogen-bond donors (Lipinski definition) is 0. The van der Waals surface area contributed by atoms with Crippen LogP contribution >= 0.6 is 0 Å². The third kappa shape index (κ3) is 4.88. The fourth-order valence-corrected chi connectivity index (χ4v) is 10.8. The molecule has 2 aliphatic rings. The van der Waals surface area contributed by atoms with Gasteiger partial charge in [0.05, 0.1) is 11.4 Å². The summed E-state index contributed by atoms with van der Waals surface area (Å²) >= 11 is 0. The van der Waals surface area contributed by atoms with E-state index in [1.807, 2.05) is 0 Å². The predicted octanol–water partition coefficient (Wildman–Crippen LogP) is 16.2. The van der Waals surface area contributed by atoms with Gasteiger partial charge in [0.2, 0.25) is 0 Å². The second-order valence-electron chi connectivity index (χ2n) is 17.7. The quantitative estimate of drug-likeness (QED) is 0.165. The summed E-state index contributed by atoms with van der Waals surface area (Å²) in [7, 11) is 0. The van der Waals surface area contributed by atoms with Crippen molar-refractivity contribution in [3.8, 4) is 11.1 Å². The van der Waals surface area contributed by atoms with Gasteiger partial charge in [-0.3, -0.25) is 0 Å². The second-order valence-corrected chi connectivity index (χ2v) is 17.7. The zero-order chi connectivity index (χ0) is 40.3. The topological polar surface area (TPSA) is 6.48 Å². The van der Waals surface area contributed by atoms with Crippen LogP contribution < -0.4 is 9.80 Å². The van der Waals surface area contributed by atoms with Crippen LogP contribution in [0.25, 0.3) is 54.2 Å². The smallest absolute Gasteiger partial charge is 0.0509 e. The molecular weight excluding hydrogens is 725 g/mol. The Morgan fingerprint density at radius 2 is 0.867 bits per heavy atom. The van der Waals surface area contributed by atoms with Crippen LogP contribution in [0.1, 0.15) is 49.9 Å². The lowest BCUT2D eigenvalue weighted by atomic mass is 9.72. The monoisotopic (exact) mass is 768 g/mol. The first-order chi connectivity index (χ1) is 29.3. The van der Waals surface area contributed by atoms with Crippen molar-refractivity contribution in [3.05, 3.63) is 216 Å². The Morgan fingerprint density at radius 3 is 1.55 bits per heavy atom. The van der Waals surface area contributed by atoms with Crippen molar-refractivity contribution in [2.45, 2.75) is 38.5 Å². The van der Waals surface area contributed by atoms with Crippen molar-refractivity contribution in [2.24, 2.45) is 0 Å². The summed E-state index contributed by atoms with van der Waals surface area (Å²) in [6.45, 7) is 9.60. The second kappa shape index (κ2) is 12.7. The van der Waals surface area contributed by atoms with Gasteiger partial charge in [-0.2, -0.15) is 0 Å². The van der Waals surface area contributed by atoms with Gasteiger partial charge in [-0.1, -0.05) is 155 Å². The molecule has 0 N–H and O–H groups in total. The Morgan fingerprint density at radius 1 is 0.350 bits per heavy atom. The van der Waals surface area contributed by atoms with Gasteiger partial charge in [-0.25, -0.2) is 0 Å². The molecule has 12 rings (SSSR count). The fourth-order valence-electron chi connectivity index (χ4n) is 10.8. The van der Waals surface area contributed by atoms with E-state index in [0.29, 0.717) is 0 Å². The number of anilines is 6. The zero-order valence-corrected chi connectivity index (χ0v) is 34.4. The van der Waals surface area contributed by atoms with Crippen LogP contribution in [-0.2, 0) is 10.8 Å². The summed E-state index contributed by atoms with van der Waals surface area (Å²) in [4.78, 5) is 4.95. The molecule has 0 bridgehead atoms. The van der Waals surface area contributed by atoms with E-state index in [2.05, 4.69) is 232 Å². The van der Waals surface area contributed by atoms with E-state index in [9.17, 15) is 0 Å². The number of benzene rings is 10. The minimum atomic E-state index is -0.322. The molecule has 1 heterocycles. The molecule has 0 saturated heterocycles. The molecule has 0 saturated carbocycles.